The van der Waals surface area contributed by atoms with Crippen LogP contribution in [0, 0.1) is 0 Å². The molecule has 0 bridgehead atoms. The van der Waals surface area contributed by atoms with Crippen LogP contribution in [0.3, 0.4) is 0 Å². The average Bonchev–Trinajstić information content (AvgIpc) is 3.23. The molecule has 6 heteroatoms. The first-order valence-corrected chi connectivity index (χ1v) is 9.81. The predicted octanol–water partition coefficient (Wildman–Crippen LogP) is 3.98. The molecule has 0 fully saturated rings. The third-order valence-corrected chi connectivity index (χ3v) is 5.39. The van der Waals surface area contributed by atoms with Crippen molar-refractivity contribution in [2.75, 3.05) is 7.11 Å². The van der Waals surface area contributed by atoms with Gasteiger partial charge in [-0.05, 0) is 56.0 Å². The molecule has 2 aromatic carbocycles. The van der Waals surface area contributed by atoms with Crippen molar-refractivity contribution in [3.05, 3.63) is 77.1 Å². The van der Waals surface area contributed by atoms with Gasteiger partial charge in [-0.15, -0.1) is 5.10 Å². The summed E-state index contributed by atoms with van der Waals surface area (Å²) in [5, 5.41) is 8.34. The Bertz CT molecular complexity index is 1020. The lowest BCUT2D eigenvalue weighted by atomic mass is 9.89. The molecular weight excluding hydrogens is 364 g/mol. The number of benzene rings is 2. The number of rotatable bonds is 3. The van der Waals surface area contributed by atoms with Gasteiger partial charge in [-0.1, -0.05) is 41.6 Å². The summed E-state index contributed by atoms with van der Waals surface area (Å²) in [6.45, 7) is 6.61. The van der Waals surface area contributed by atoms with E-state index in [1.54, 1.807) is 18.0 Å². The Balaban J connectivity index is 1.73. The molecule has 0 aliphatic carbocycles. The van der Waals surface area contributed by atoms with Crippen LogP contribution < -0.4 is 4.74 Å². The fraction of sp³-hybridized carbons (Fsp3) is 0.348. The highest BCUT2D eigenvalue weighted by atomic mass is 16.5. The molecule has 1 aliphatic heterocycles. The molecule has 6 nitrogen and oxygen atoms in total. The van der Waals surface area contributed by atoms with Gasteiger partial charge in [0.25, 0.3) is 5.91 Å². The molecule has 1 unspecified atom stereocenters. The van der Waals surface area contributed by atoms with E-state index < -0.39 is 0 Å². The van der Waals surface area contributed by atoms with E-state index in [2.05, 4.69) is 28.5 Å². The largest absolute Gasteiger partial charge is 0.497 e. The van der Waals surface area contributed by atoms with Crippen molar-refractivity contribution in [1.29, 1.82) is 0 Å². The van der Waals surface area contributed by atoms with Crippen molar-refractivity contribution in [3.63, 3.8) is 0 Å². The second-order valence-corrected chi connectivity index (χ2v) is 8.42. The van der Waals surface area contributed by atoms with Crippen LogP contribution in [-0.2, 0) is 18.5 Å². The highest BCUT2D eigenvalue weighted by Gasteiger charge is 2.33. The number of hydrogen-bond donors (Lipinski definition) is 0. The molecule has 0 spiro atoms. The predicted molar refractivity (Wildman–Crippen MR) is 111 cm³/mol. The molecule has 1 atom stereocenters. The van der Waals surface area contributed by atoms with Gasteiger partial charge in [0.15, 0.2) is 5.69 Å². The third-order valence-electron chi connectivity index (χ3n) is 5.39. The molecule has 2 heterocycles. The van der Waals surface area contributed by atoms with Crippen LogP contribution in [0.2, 0.25) is 0 Å². The number of nitrogens with zero attached hydrogens (tertiary/aromatic N) is 4. The zero-order valence-electron chi connectivity index (χ0n) is 17.3. The normalized spacial score (nSPS) is 16.4. The van der Waals surface area contributed by atoms with Gasteiger partial charge in [0.2, 0.25) is 0 Å². The Morgan fingerprint density at radius 2 is 1.86 bits per heavy atom. The van der Waals surface area contributed by atoms with Crippen LogP contribution in [0.4, 0.5) is 0 Å². The fourth-order valence-corrected chi connectivity index (χ4v) is 3.71. The smallest absolute Gasteiger partial charge is 0.276 e. The summed E-state index contributed by atoms with van der Waals surface area (Å²) in [6.07, 6.45) is 2.49. The Hall–Kier alpha value is -3.15. The van der Waals surface area contributed by atoms with Gasteiger partial charge in [0.1, 0.15) is 5.75 Å². The van der Waals surface area contributed by atoms with Gasteiger partial charge in [-0.25, -0.2) is 4.68 Å². The van der Waals surface area contributed by atoms with Crippen LogP contribution >= 0.6 is 0 Å². The van der Waals surface area contributed by atoms with E-state index in [1.165, 1.54) is 5.56 Å². The van der Waals surface area contributed by atoms with E-state index in [0.717, 1.165) is 23.3 Å². The summed E-state index contributed by atoms with van der Waals surface area (Å²) in [4.78, 5) is 15.4. The molecule has 150 valence electrons. The summed E-state index contributed by atoms with van der Waals surface area (Å²) in [5.41, 5.74) is 3.60. The Morgan fingerprint density at radius 1 is 1.10 bits per heavy atom. The number of carbonyl (C=O) groups excluding carboxylic acids is 1. The van der Waals surface area contributed by atoms with Gasteiger partial charge >= 0.3 is 0 Å². The lowest BCUT2D eigenvalue weighted by Crippen LogP contribution is -2.39. The van der Waals surface area contributed by atoms with E-state index in [0.29, 0.717) is 12.2 Å². The lowest BCUT2D eigenvalue weighted by Gasteiger charge is -2.37. The average molecular weight is 390 g/mol. The second kappa shape index (κ2) is 7.35. The van der Waals surface area contributed by atoms with E-state index >= 15 is 0 Å². The first-order valence-electron chi connectivity index (χ1n) is 9.81. The maximum atomic E-state index is 13.5. The van der Waals surface area contributed by atoms with Gasteiger partial charge in [-0.3, -0.25) is 4.79 Å². The molecule has 0 N–H and O–H groups in total. The zero-order chi connectivity index (χ0) is 20.6. The van der Waals surface area contributed by atoms with Crippen LogP contribution in [0.1, 0.15) is 54.0 Å². The number of methoxy groups -OCH3 is 1. The zero-order valence-corrected chi connectivity index (χ0v) is 17.3. The number of amides is 1. The molecule has 4 rings (SSSR count). The Kier molecular flexibility index (Phi) is 4.86. The minimum atomic E-state index is -0.230. The minimum absolute atomic E-state index is 0.0515. The quantitative estimate of drug-likeness (QED) is 0.679. The number of ether oxygens (including phenoxy) is 1. The molecule has 3 aromatic rings. The van der Waals surface area contributed by atoms with Crippen molar-refractivity contribution in [2.24, 2.45) is 0 Å². The first kappa shape index (κ1) is 19.2. The van der Waals surface area contributed by atoms with Crippen LogP contribution in [0.15, 0.2) is 54.7 Å². The summed E-state index contributed by atoms with van der Waals surface area (Å²) in [7, 11) is 1.66. The fourth-order valence-electron chi connectivity index (χ4n) is 3.71. The summed E-state index contributed by atoms with van der Waals surface area (Å²) in [5.74, 6) is 0.691. The summed E-state index contributed by atoms with van der Waals surface area (Å²) < 4.78 is 7.12. The number of aromatic nitrogens is 3. The SMILES string of the molecule is COc1ccc2c(c1)CN(C(=O)c1cn(C(C)(C)C)nn1)C(c1ccccc1)C2. The lowest BCUT2D eigenvalue weighted by molar-refractivity contribution is 0.0631. The number of carbonyl (C=O) groups is 1. The Labute approximate surface area is 171 Å². The number of fused-ring (bicyclic) bond motifs is 1. The molecule has 0 saturated carbocycles. The summed E-state index contributed by atoms with van der Waals surface area (Å²) in [6, 6.07) is 16.2. The van der Waals surface area contributed by atoms with Crippen molar-refractivity contribution in [2.45, 2.75) is 45.3 Å². The van der Waals surface area contributed by atoms with Crippen LogP contribution in [-0.4, -0.2) is 32.9 Å². The Morgan fingerprint density at radius 3 is 2.52 bits per heavy atom. The van der Waals surface area contributed by atoms with Gasteiger partial charge in [0.05, 0.1) is 24.9 Å². The highest BCUT2D eigenvalue weighted by Crippen LogP contribution is 2.35. The van der Waals surface area contributed by atoms with Crippen LogP contribution in [0.25, 0.3) is 0 Å². The van der Waals surface area contributed by atoms with E-state index in [-0.39, 0.29) is 17.5 Å². The topological polar surface area (TPSA) is 60.2 Å². The van der Waals surface area contributed by atoms with Crippen molar-refractivity contribution in [1.82, 2.24) is 19.9 Å². The maximum Gasteiger partial charge on any atom is 0.276 e. The van der Waals surface area contributed by atoms with E-state index in [4.69, 9.17) is 4.74 Å². The van der Waals surface area contributed by atoms with Crippen LogP contribution in [0.5, 0.6) is 5.75 Å². The molecule has 0 saturated heterocycles. The number of hydrogen-bond acceptors (Lipinski definition) is 4. The summed E-state index contributed by atoms with van der Waals surface area (Å²) >= 11 is 0. The van der Waals surface area contributed by atoms with Gasteiger partial charge < -0.3 is 9.64 Å². The van der Waals surface area contributed by atoms with Crippen molar-refractivity contribution in [3.8, 4) is 5.75 Å². The van der Waals surface area contributed by atoms with Gasteiger partial charge in [0, 0.05) is 6.54 Å². The minimum Gasteiger partial charge on any atom is -0.497 e. The van der Waals surface area contributed by atoms with E-state index in [1.807, 2.05) is 56.0 Å². The van der Waals surface area contributed by atoms with E-state index in [9.17, 15) is 4.79 Å². The molecule has 0 radical (unpaired) electrons. The van der Waals surface area contributed by atoms with Crippen molar-refractivity contribution >= 4 is 5.91 Å². The maximum absolute atomic E-state index is 13.5. The monoisotopic (exact) mass is 390 g/mol. The molecular formula is C23H26N4O2. The second-order valence-electron chi connectivity index (χ2n) is 8.42. The molecule has 1 amide bonds. The highest BCUT2D eigenvalue weighted by molar-refractivity contribution is 5.92. The first-order chi connectivity index (χ1) is 13.9. The molecule has 29 heavy (non-hydrogen) atoms. The molecule has 1 aliphatic rings. The van der Waals surface area contributed by atoms with Crippen molar-refractivity contribution < 1.29 is 9.53 Å². The van der Waals surface area contributed by atoms with Gasteiger partial charge in [-0.2, -0.15) is 0 Å². The third kappa shape index (κ3) is 3.75. The molecule has 1 aromatic heterocycles. The standard InChI is InChI=1S/C23H26N4O2/c1-23(2,3)27-15-20(24-25-27)22(28)26-14-18-12-19(29-4)11-10-17(18)13-21(26)16-8-6-5-7-9-16/h5-12,15,21H,13-14H2,1-4H3.